The van der Waals surface area contributed by atoms with Gasteiger partial charge in [0.05, 0.1) is 0 Å². The first kappa shape index (κ1) is 12.6. The summed E-state index contributed by atoms with van der Waals surface area (Å²) in [5.74, 6) is 1.77. The van der Waals surface area contributed by atoms with Crippen LogP contribution in [-0.2, 0) is 4.43 Å². The lowest BCUT2D eigenvalue weighted by molar-refractivity contribution is 0.0921. The second-order valence-corrected chi connectivity index (χ2v) is 10.7. The number of rotatable bonds is 3. The summed E-state index contributed by atoms with van der Waals surface area (Å²) in [6.07, 6.45) is 7.58. The largest absolute Gasteiger partial charge is 0.414 e. The monoisotopic (exact) mass is 240 g/mol. The molecule has 0 aromatic carbocycles. The van der Waals surface area contributed by atoms with Crippen molar-refractivity contribution in [2.45, 2.75) is 77.1 Å². The van der Waals surface area contributed by atoms with E-state index in [1.54, 1.807) is 0 Å². The smallest absolute Gasteiger partial charge is 0.192 e. The highest BCUT2D eigenvalue weighted by molar-refractivity contribution is 6.74. The second-order valence-electron chi connectivity index (χ2n) is 6.40. The lowest BCUT2D eigenvalue weighted by atomic mass is 9.82. The van der Waals surface area contributed by atoms with Crippen molar-refractivity contribution in [3.63, 3.8) is 0 Å². The quantitative estimate of drug-likeness (QED) is 0.656. The Kier molecular flexibility index (Phi) is 4.12. The molecule has 1 nitrogen and oxygen atoms in total. The van der Waals surface area contributed by atoms with Gasteiger partial charge in [-0.25, -0.2) is 0 Å². The minimum absolute atomic E-state index is 0.614. The zero-order chi connectivity index (χ0) is 11.6. The molecule has 1 aliphatic heterocycles. The summed E-state index contributed by atoms with van der Waals surface area (Å²) in [5.41, 5.74) is 0. The molecule has 0 amide bonds. The standard InChI is InChI=1S/C14H28OSi/c1-4-16(7-5-6-8-16)15-14-10-12(2)9-13(3)11-14/h12-14H,4-11H2,1-3H3. The lowest BCUT2D eigenvalue weighted by Gasteiger charge is -2.37. The van der Waals surface area contributed by atoms with Gasteiger partial charge in [-0.3, -0.25) is 0 Å². The third-order valence-electron chi connectivity index (χ3n) is 4.71. The fourth-order valence-electron chi connectivity index (χ4n) is 3.90. The molecule has 0 bridgehead atoms. The van der Waals surface area contributed by atoms with E-state index in [2.05, 4.69) is 20.8 Å². The Morgan fingerprint density at radius 1 is 1.00 bits per heavy atom. The number of hydrogen-bond donors (Lipinski definition) is 0. The minimum atomic E-state index is -1.25. The van der Waals surface area contributed by atoms with Crippen molar-refractivity contribution in [3.8, 4) is 0 Å². The highest BCUT2D eigenvalue weighted by atomic mass is 28.4. The fraction of sp³-hybridized carbons (Fsp3) is 1.00. The molecule has 1 saturated carbocycles. The van der Waals surface area contributed by atoms with Crippen LogP contribution in [0.5, 0.6) is 0 Å². The van der Waals surface area contributed by atoms with Crippen molar-refractivity contribution < 1.29 is 4.43 Å². The van der Waals surface area contributed by atoms with E-state index in [-0.39, 0.29) is 0 Å². The average Bonchev–Trinajstić information content (AvgIpc) is 2.65. The van der Waals surface area contributed by atoms with Crippen LogP contribution in [0.4, 0.5) is 0 Å². The molecule has 2 heteroatoms. The van der Waals surface area contributed by atoms with Gasteiger partial charge in [0.15, 0.2) is 8.32 Å². The third-order valence-corrected chi connectivity index (χ3v) is 9.36. The van der Waals surface area contributed by atoms with Crippen LogP contribution in [-0.4, -0.2) is 14.4 Å². The zero-order valence-corrected chi connectivity index (χ0v) is 12.3. The molecule has 0 radical (unpaired) electrons. The van der Waals surface area contributed by atoms with Crippen LogP contribution >= 0.6 is 0 Å². The molecular formula is C14H28OSi. The molecule has 2 fully saturated rings. The molecular weight excluding hydrogens is 212 g/mol. The van der Waals surface area contributed by atoms with Crippen LogP contribution in [0.3, 0.4) is 0 Å². The van der Waals surface area contributed by atoms with Gasteiger partial charge in [0.2, 0.25) is 0 Å². The van der Waals surface area contributed by atoms with Gasteiger partial charge in [-0.2, -0.15) is 0 Å². The van der Waals surface area contributed by atoms with Crippen molar-refractivity contribution in [3.05, 3.63) is 0 Å². The van der Waals surface area contributed by atoms with Crippen molar-refractivity contribution >= 4 is 8.32 Å². The van der Waals surface area contributed by atoms with E-state index in [0.29, 0.717) is 6.10 Å². The van der Waals surface area contributed by atoms with Gasteiger partial charge in [-0.15, -0.1) is 0 Å². The van der Waals surface area contributed by atoms with Crippen molar-refractivity contribution in [1.29, 1.82) is 0 Å². The molecule has 1 saturated heterocycles. The van der Waals surface area contributed by atoms with Gasteiger partial charge in [-0.1, -0.05) is 33.6 Å². The van der Waals surface area contributed by atoms with E-state index in [1.165, 1.54) is 50.2 Å². The van der Waals surface area contributed by atoms with Gasteiger partial charge in [0.1, 0.15) is 0 Å². The van der Waals surface area contributed by atoms with Gasteiger partial charge < -0.3 is 4.43 Å². The lowest BCUT2D eigenvalue weighted by Crippen LogP contribution is -2.40. The van der Waals surface area contributed by atoms with E-state index < -0.39 is 8.32 Å². The van der Waals surface area contributed by atoms with Gasteiger partial charge in [0, 0.05) is 6.10 Å². The van der Waals surface area contributed by atoms with Crippen LogP contribution in [0.15, 0.2) is 0 Å². The Balaban J connectivity index is 1.92. The predicted octanol–water partition coefficient (Wildman–Crippen LogP) is 4.59. The molecule has 94 valence electrons. The normalized spacial score (nSPS) is 38.8. The molecule has 2 rings (SSSR count). The Morgan fingerprint density at radius 2 is 1.56 bits per heavy atom. The third kappa shape index (κ3) is 2.89. The van der Waals surface area contributed by atoms with Gasteiger partial charge in [0.25, 0.3) is 0 Å². The molecule has 2 atom stereocenters. The Morgan fingerprint density at radius 3 is 2.06 bits per heavy atom. The Hall–Kier alpha value is 0.177. The summed E-state index contributed by atoms with van der Waals surface area (Å²) in [6.45, 7) is 7.18. The van der Waals surface area contributed by atoms with E-state index in [9.17, 15) is 0 Å². The van der Waals surface area contributed by atoms with Gasteiger partial charge in [-0.05, 0) is 49.2 Å². The predicted molar refractivity (Wildman–Crippen MR) is 72.1 cm³/mol. The Labute approximate surface area is 102 Å². The van der Waals surface area contributed by atoms with Crippen LogP contribution in [0, 0.1) is 11.8 Å². The molecule has 0 aromatic rings. The highest BCUT2D eigenvalue weighted by Crippen LogP contribution is 2.39. The van der Waals surface area contributed by atoms with E-state index in [4.69, 9.17) is 4.43 Å². The molecule has 1 aliphatic carbocycles. The molecule has 0 aromatic heterocycles. The maximum absolute atomic E-state index is 6.67. The van der Waals surface area contributed by atoms with Crippen molar-refractivity contribution in [2.24, 2.45) is 11.8 Å². The van der Waals surface area contributed by atoms with Crippen LogP contribution in [0.2, 0.25) is 18.1 Å². The molecule has 2 aliphatic rings. The first-order valence-corrected chi connectivity index (χ1v) is 9.84. The van der Waals surface area contributed by atoms with E-state index in [0.717, 1.165) is 11.8 Å². The van der Waals surface area contributed by atoms with Crippen molar-refractivity contribution in [1.82, 2.24) is 0 Å². The van der Waals surface area contributed by atoms with Crippen molar-refractivity contribution in [2.75, 3.05) is 0 Å². The fourth-order valence-corrected chi connectivity index (χ4v) is 7.94. The minimum Gasteiger partial charge on any atom is -0.414 e. The van der Waals surface area contributed by atoms with Gasteiger partial charge >= 0.3 is 0 Å². The SMILES string of the molecule is CC[Si]1(OC2CC(C)CC(C)C2)CCCC1. The Bertz CT molecular complexity index is 213. The second kappa shape index (κ2) is 5.22. The first-order valence-electron chi connectivity index (χ1n) is 7.31. The molecule has 0 spiro atoms. The van der Waals surface area contributed by atoms with E-state index >= 15 is 0 Å². The summed E-state index contributed by atoms with van der Waals surface area (Å²) in [7, 11) is -1.25. The summed E-state index contributed by atoms with van der Waals surface area (Å²) >= 11 is 0. The highest BCUT2D eigenvalue weighted by Gasteiger charge is 2.39. The van der Waals surface area contributed by atoms with Crippen LogP contribution < -0.4 is 0 Å². The van der Waals surface area contributed by atoms with E-state index in [1.807, 2.05) is 0 Å². The molecule has 1 heterocycles. The molecule has 2 unspecified atom stereocenters. The topological polar surface area (TPSA) is 9.23 Å². The maximum Gasteiger partial charge on any atom is 0.192 e. The van der Waals surface area contributed by atoms with Crippen LogP contribution in [0.1, 0.15) is 52.9 Å². The van der Waals surface area contributed by atoms with Crippen LogP contribution in [0.25, 0.3) is 0 Å². The summed E-state index contributed by atoms with van der Waals surface area (Å²) in [5, 5.41) is 0. The first-order chi connectivity index (χ1) is 7.63. The summed E-state index contributed by atoms with van der Waals surface area (Å²) < 4.78 is 6.67. The molecule has 16 heavy (non-hydrogen) atoms. The molecule has 0 N–H and O–H groups in total. The zero-order valence-electron chi connectivity index (χ0n) is 11.3. The maximum atomic E-state index is 6.67. The summed E-state index contributed by atoms with van der Waals surface area (Å²) in [6, 6.07) is 4.25. The average molecular weight is 240 g/mol. The number of hydrogen-bond acceptors (Lipinski definition) is 1. The summed E-state index contributed by atoms with van der Waals surface area (Å²) in [4.78, 5) is 0.